The summed E-state index contributed by atoms with van der Waals surface area (Å²) >= 11 is 0. The zero-order valence-corrected chi connectivity index (χ0v) is 11.5. The van der Waals surface area contributed by atoms with Crippen LogP contribution in [-0.2, 0) is 4.79 Å². The highest BCUT2D eigenvalue weighted by atomic mass is 16.1. The van der Waals surface area contributed by atoms with E-state index in [-0.39, 0.29) is 22.5 Å². The molecule has 1 fully saturated rings. The maximum Gasteiger partial charge on any atom is 0.159 e. The fourth-order valence-electron chi connectivity index (χ4n) is 4.11. The highest BCUT2D eigenvalue weighted by Gasteiger charge is 2.50. The number of fused-ring (bicyclic) bond motifs is 1. The Hall–Kier alpha value is -0.850. The van der Waals surface area contributed by atoms with Gasteiger partial charge in [-0.05, 0) is 35.7 Å². The zero-order chi connectivity index (χ0) is 12.8. The molecule has 1 nitrogen and oxygen atoms in total. The largest absolute Gasteiger partial charge is 0.295 e. The molecular weight excluding hydrogens is 208 g/mol. The smallest absolute Gasteiger partial charge is 0.159 e. The molecule has 0 heterocycles. The summed E-state index contributed by atoms with van der Waals surface area (Å²) in [4.78, 5) is 12.1. The van der Waals surface area contributed by atoms with E-state index in [0.717, 1.165) is 0 Å². The fraction of sp³-hybridized carbons (Fsp3) is 0.688. The first-order chi connectivity index (χ1) is 7.83. The molecule has 0 aromatic carbocycles. The summed E-state index contributed by atoms with van der Waals surface area (Å²) in [5.41, 5.74) is 1.69. The van der Waals surface area contributed by atoms with Crippen molar-refractivity contribution >= 4 is 5.78 Å². The van der Waals surface area contributed by atoms with Gasteiger partial charge in [-0.15, -0.1) is 6.58 Å². The van der Waals surface area contributed by atoms with Gasteiger partial charge in [0.05, 0.1) is 0 Å². The number of hydrogen-bond acceptors (Lipinski definition) is 1. The van der Waals surface area contributed by atoms with E-state index in [1.54, 1.807) is 0 Å². The lowest BCUT2D eigenvalue weighted by Gasteiger charge is -2.52. The van der Waals surface area contributed by atoms with Crippen LogP contribution >= 0.6 is 0 Å². The van der Waals surface area contributed by atoms with Gasteiger partial charge in [0.15, 0.2) is 5.78 Å². The van der Waals surface area contributed by atoms with E-state index in [9.17, 15) is 4.79 Å². The maximum atomic E-state index is 12.1. The number of carbonyl (C=O) groups is 1. The van der Waals surface area contributed by atoms with Gasteiger partial charge in [-0.3, -0.25) is 4.79 Å². The van der Waals surface area contributed by atoms with E-state index in [2.05, 4.69) is 34.3 Å². The van der Waals surface area contributed by atoms with Crippen LogP contribution in [0.15, 0.2) is 24.3 Å². The van der Waals surface area contributed by atoms with Crippen molar-refractivity contribution < 1.29 is 4.79 Å². The van der Waals surface area contributed by atoms with Crippen LogP contribution in [0.4, 0.5) is 0 Å². The first-order valence-electron chi connectivity index (χ1n) is 6.72. The van der Waals surface area contributed by atoms with Crippen LogP contribution in [-0.4, -0.2) is 5.78 Å². The third-order valence-electron chi connectivity index (χ3n) is 5.11. The summed E-state index contributed by atoms with van der Waals surface area (Å²) in [6.45, 7) is 12.9. The Morgan fingerprint density at radius 1 is 1.35 bits per heavy atom. The number of ketones is 1. The molecule has 0 unspecified atom stereocenters. The summed E-state index contributed by atoms with van der Waals surface area (Å²) in [5.74, 6) is 0.682. The van der Waals surface area contributed by atoms with E-state index in [1.165, 1.54) is 24.8 Å². The van der Waals surface area contributed by atoms with Gasteiger partial charge < -0.3 is 0 Å². The summed E-state index contributed by atoms with van der Waals surface area (Å²) in [7, 11) is 0. The quantitative estimate of drug-likeness (QED) is 0.621. The van der Waals surface area contributed by atoms with Crippen molar-refractivity contribution in [1.29, 1.82) is 0 Å². The molecule has 1 heteroatoms. The van der Waals surface area contributed by atoms with Gasteiger partial charge in [0.1, 0.15) is 0 Å². The van der Waals surface area contributed by atoms with Gasteiger partial charge in [0, 0.05) is 5.92 Å². The standard InChI is InChI=1S/C16H24O/c1-6-12-11(2)13(17)10-14-15(3,4)8-7-9-16(12,14)5/h6,10-12H,1,7-9H2,2-5H3/t11-,12-,16+/m0/s1. The average Bonchev–Trinajstić information content (AvgIpc) is 2.22. The summed E-state index contributed by atoms with van der Waals surface area (Å²) < 4.78 is 0. The van der Waals surface area contributed by atoms with Crippen LogP contribution in [0.3, 0.4) is 0 Å². The highest BCUT2D eigenvalue weighted by molar-refractivity contribution is 5.94. The van der Waals surface area contributed by atoms with Crippen molar-refractivity contribution in [1.82, 2.24) is 0 Å². The van der Waals surface area contributed by atoms with Crippen molar-refractivity contribution in [3.8, 4) is 0 Å². The van der Waals surface area contributed by atoms with Crippen LogP contribution < -0.4 is 0 Å². The molecule has 0 N–H and O–H groups in total. The molecule has 0 aliphatic heterocycles. The molecule has 0 aromatic rings. The molecule has 2 rings (SSSR count). The number of rotatable bonds is 1. The van der Waals surface area contributed by atoms with E-state index < -0.39 is 0 Å². The molecular formula is C16H24O. The Morgan fingerprint density at radius 2 is 2.00 bits per heavy atom. The van der Waals surface area contributed by atoms with Gasteiger partial charge in [-0.25, -0.2) is 0 Å². The second kappa shape index (κ2) is 3.83. The molecule has 2 aliphatic rings. The highest BCUT2D eigenvalue weighted by Crippen LogP contribution is 2.58. The minimum absolute atomic E-state index is 0.0927. The van der Waals surface area contributed by atoms with Gasteiger partial charge in [0.2, 0.25) is 0 Å². The minimum atomic E-state index is 0.0927. The summed E-state index contributed by atoms with van der Waals surface area (Å²) in [6, 6.07) is 0. The third kappa shape index (κ3) is 1.71. The average molecular weight is 232 g/mol. The summed E-state index contributed by atoms with van der Waals surface area (Å²) in [6.07, 6.45) is 7.60. The zero-order valence-electron chi connectivity index (χ0n) is 11.5. The lowest BCUT2D eigenvalue weighted by molar-refractivity contribution is -0.121. The molecule has 0 saturated heterocycles. The number of allylic oxidation sites excluding steroid dienone is 3. The van der Waals surface area contributed by atoms with Crippen LogP contribution in [0, 0.1) is 22.7 Å². The van der Waals surface area contributed by atoms with Gasteiger partial charge in [-0.1, -0.05) is 45.8 Å². The van der Waals surface area contributed by atoms with Crippen molar-refractivity contribution in [3.05, 3.63) is 24.3 Å². The molecule has 0 bridgehead atoms. The van der Waals surface area contributed by atoms with Crippen LogP contribution in [0.25, 0.3) is 0 Å². The molecule has 94 valence electrons. The second-order valence-corrected chi connectivity index (χ2v) is 6.67. The van der Waals surface area contributed by atoms with Gasteiger partial charge in [-0.2, -0.15) is 0 Å². The van der Waals surface area contributed by atoms with Crippen LogP contribution in [0.1, 0.15) is 47.0 Å². The number of carbonyl (C=O) groups excluding carboxylic acids is 1. The van der Waals surface area contributed by atoms with Crippen molar-refractivity contribution in [3.63, 3.8) is 0 Å². The normalized spacial score (nSPS) is 40.5. The molecule has 17 heavy (non-hydrogen) atoms. The number of hydrogen-bond donors (Lipinski definition) is 0. The monoisotopic (exact) mass is 232 g/mol. The molecule has 0 spiro atoms. The van der Waals surface area contributed by atoms with Gasteiger partial charge >= 0.3 is 0 Å². The Bertz CT molecular complexity index is 388. The van der Waals surface area contributed by atoms with Gasteiger partial charge in [0.25, 0.3) is 0 Å². The second-order valence-electron chi connectivity index (χ2n) is 6.67. The third-order valence-corrected chi connectivity index (χ3v) is 5.11. The SMILES string of the molecule is C=C[C@H]1[C@H](C)C(=O)C=C2C(C)(C)CCC[C@@]21C. The predicted octanol–water partition coefficient (Wildman–Crippen LogP) is 4.15. The first-order valence-corrected chi connectivity index (χ1v) is 6.72. The Morgan fingerprint density at radius 3 is 2.59 bits per heavy atom. The van der Waals surface area contributed by atoms with Crippen molar-refractivity contribution in [2.45, 2.75) is 47.0 Å². The lowest BCUT2D eigenvalue weighted by atomic mass is 9.51. The Balaban J connectivity index is 2.56. The molecule has 0 radical (unpaired) electrons. The van der Waals surface area contributed by atoms with Crippen molar-refractivity contribution in [2.75, 3.05) is 0 Å². The fourth-order valence-corrected chi connectivity index (χ4v) is 4.11. The van der Waals surface area contributed by atoms with Crippen molar-refractivity contribution in [2.24, 2.45) is 22.7 Å². The lowest BCUT2D eigenvalue weighted by Crippen LogP contribution is -2.46. The Labute approximate surface area is 105 Å². The maximum absolute atomic E-state index is 12.1. The minimum Gasteiger partial charge on any atom is -0.295 e. The predicted molar refractivity (Wildman–Crippen MR) is 71.7 cm³/mol. The Kier molecular flexibility index (Phi) is 2.84. The molecule has 2 aliphatic carbocycles. The molecule has 0 amide bonds. The summed E-state index contributed by atoms with van der Waals surface area (Å²) in [5, 5.41) is 0. The van der Waals surface area contributed by atoms with E-state index in [1.807, 2.05) is 12.2 Å². The van der Waals surface area contributed by atoms with E-state index in [0.29, 0.717) is 5.92 Å². The van der Waals surface area contributed by atoms with Crippen LogP contribution in [0.5, 0.6) is 0 Å². The van der Waals surface area contributed by atoms with E-state index >= 15 is 0 Å². The van der Waals surface area contributed by atoms with Crippen LogP contribution in [0.2, 0.25) is 0 Å². The molecule has 3 atom stereocenters. The first kappa shape index (κ1) is 12.6. The topological polar surface area (TPSA) is 17.1 Å². The molecule has 0 aromatic heterocycles. The van der Waals surface area contributed by atoms with E-state index in [4.69, 9.17) is 0 Å². The molecule has 1 saturated carbocycles.